The van der Waals surface area contributed by atoms with Crippen molar-refractivity contribution in [3.8, 4) is 0 Å². The fraction of sp³-hybridized carbons (Fsp3) is 0.632. The number of nitrogens with two attached hydrogens (primary N) is 1. The molecule has 0 bridgehead atoms. The lowest BCUT2D eigenvalue weighted by Gasteiger charge is -2.34. The second-order valence-electron chi connectivity index (χ2n) is 7.31. The molecule has 1 saturated carbocycles. The van der Waals surface area contributed by atoms with Crippen LogP contribution in [-0.4, -0.2) is 36.0 Å². The number of rotatable bonds is 4. The number of halogens is 1. The minimum atomic E-state index is -0.192. The van der Waals surface area contributed by atoms with E-state index < -0.39 is 0 Å². The molecule has 2 aliphatic rings. The van der Waals surface area contributed by atoms with Gasteiger partial charge in [0, 0.05) is 37.6 Å². The minimum absolute atomic E-state index is 0.103. The van der Waals surface area contributed by atoms with Gasteiger partial charge in [-0.3, -0.25) is 9.69 Å². The number of carbonyl (C=O) groups excluding carboxylic acids is 1. The molecule has 0 radical (unpaired) electrons. The normalized spacial score (nSPS) is 26.2. The molecule has 2 atom stereocenters. The van der Waals surface area contributed by atoms with Crippen molar-refractivity contribution in [1.82, 2.24) is 10.2 Å². The van der Waals surface area contributed by atoms with Gasteiger partial charge in [-0.05, 0) is 49.8 Å². The molecule has 0 spiro atoms. The second-order valence-corrected chi connectivity index (χ2v) is 7.31. The summed E-state index contributed by atoms with van der Waals surface area (Å²) in [6.45, 7) is 2.78. The standard InChI is InChI=1S/C19H28FN3O/c20-16-6-4-14(5-7-16)13-23-10-8-18(9-11-23)22-19(24)15-2-1-3-17(21)12-15/h4-7,15,17-18H,1-3,8-13,21H2,(H,22,24). The Balaban J connectivity index is 1.41. The van der Waals surface area contributed by atoms with Crippen molar-refractivity contribution in [1.29, 1.82) is 0 Å². The van der Waals surface area contributed by atoms with Gasteiger partial charge in [-0.2, -0.15) is 0 Å². The van der Waals surface area contributed by atoms with Gasteiger partial charge >= 0.3 is 0 Å². The number of piperidine rings is 1. The number of benzene rings is 1. The van der Waals surface area contributed by atoms with Crippen LogP contribution in [-0.2, 0) is 11.3 Å². The van der Waals surface area contributed by atoms with Gasteiger partial charge in [0.05, 0.1) is 0 Å². The summed E-state index contributed by atoms with van der Waals surface area (Å²) < 4.78 is 13.0. The lowest BCUT2D eigenvalue weighted by Crippen LogP contribution is -2.47. The molecule has 1 heterocycles. The van der Waals surface area contributed by atoms with Gasteiger partial charge in [0.1, 0.15) is 5.82 Å². The monoisotopic (exact) mass is 333 g/mol. The third-order valence-corrected chi connectivity index (χ3v) is 5.34. The Morgan fingerprint density at radius 2 is 1.88 bits per heavy atom. The predicted molar refractivity (Wildman–Crippen MR) is 92.8 cm³/mol. The Kier molecular flexibility index (Phi) is 5.85. The Morgan fingerprint density at radius 1 is 1.17 bits per heavy atom. The molecule has 2 fully saturated rings. The highest BCUT2D eigenvalue weighted by Crippen LogP contribution is 2.24. The van der Waals surface area contributed by atoms with Crippen LogP contribution in [0.5, 0.6) is 0 Å². The number of hydrogen-bond acceptors (Lipinski definition) is 3. The summed E-state index contributed by atoms with van der Waals surface area (Å²) in [7, 11) is 0. The van der Waals surface area contributed by atoms with E-state index in [1.807, 2.05) is 12.1 Å². The first kappa shape index (κ1) is 17.4. The third kappa shape index (κ3) is 4.77. The van der Waals surface area contributed by atoms with Gasteiger partial charge < -0.3 is 11.1 Å². The number of hydrogen-bond donors (Lipinski definition) is 2. The first-order valence-electron chi connectivity index (χ1n) is 9.13. The van der Waals surface area contributed by atoms with Crippen LogP contribution in [0.3, 0.4) is 0 Å². The van der Waals surface area contributed by atoms with Gasteiger partial charge in [0.2, 0.25) is 5.91 Å². The van der Waals surface area contributed by atoms with Crippen molar-refractivity contribution in [2.45, 2.75) is 57.2 Å². The van der Waals surface area contributed by atoms with Crippen LogP contribution >= 0.6 is 0 Å². The van der Waals surface area contributed by atoms with Crippen LogP contribution in [0.1, 0.15) is 44.1 Å². The topological polar surface area (TPSA) is 58.4 Å². The van der Waals surface area contributed by atoms with Crippen LogP contribution < -0.4 is 11.1 Å². The van der Waals surface area contributed by atoms with Crippen molar-refractivity contribution >= 4 is 5.91 Å². The highest BCUT2D eigenvalue weighted by molar-refractivity contribution is 5.79. The fourth-order valence-electron chi connectivity index (χ4n) is 3.87. The smallest absolute Gasteiger partial charge is 0.223 e. The first-order chi connectivity index (χ1) is 11.6. The van der Waals surface area contributed by atoms with Crippen molar-refractivity contribution in [2.75, 3.05) is 13.1 Å². The van der Waals surface area contributed by atoms with Gasteiger partial charge in [-0.15, -0.1) is 0 Å². The molecule has 1 aromatic carbocycles. The molecule has 1 aliphatic carbocycles. The molecule has 24 heavy (non-hydrogen) atoms. The summed E-state index contributed by atoms with van der Waals surface area (Å²) in [6, 6.07) is 7.17. The molecular formula is C19H28FN3O. The Labute approximate surface area is 143 Å². The zero-order valence-electron chi connectivity index (χ0n) is 14.2. The summed E-state index contributed by atoms with van der Waals surface area (Å²) in [6.07, 6.45) is 5.87. The van der Waals surface area contributed by atoms with Crippen molar-refractivity contribution in [3.63, 3.8) is 0 Å². The lowest BCUT2D eigenvalue weighted by atomic mass is 9.85. The molecule has 1 aromatic rings. The average molecular weight is 333 g/mol. The van der Waals surface area contributed by atoms with E-state index in [0.29, 0.717) is 0 Å². The maximum Gasteiger partial charge on any atom is 0.223 e. The van der Waals surface area contributed by atoms with Gasteiger partial charge in [0.25, 0.3) is 0 Å². The number of nitrogens with zero attached hydrogens (tertiary/aromatic N) is 1. The molecule has 1 amide bonds. The Hall–Kier alpha value is -1.46. The molecule has 2 unspecified atom stereocenters. The summed E-state index contributed by atoms with van der Waals surface area (Å²) >= 11 is 0. The van der Waals surface area contributed by atoms with E-state index in [-0.39, 0.29) is 29.7 Å². The van der Waals surface area contributed by atoms with Crippen LogP contribution in [0.25, 0.3) is 0 Å². The number of likely N-dealkylation sites (tertiary alicyclic amines) is 1. The van der Waals surface area contributed by atoms with E-state index in [2.05, 4.69) is 10.2 Å². The molecule has 5 heteroatoms. The van der Waals surface area contributed by atoms with Crippen LogP contribution in [0.4, 0.5) is 4.39 Å². The zero-order chi connectivity index (χ0) is 16.9. The Morgan fingerprint density at radius 3 is 2.54 bits per heavy atom. The SMILES string of the molecule is NC1CCCC(C(=O)NC2CCN(Cc3ccc(F)cc3)CC2)C1. The largest absolute Gasteiger partial charge is 0.353 e. The molecule has 132 valence electrons. The third-order valence-electron chi connectivity index (χ3n) is 5.34. The quantitative estimate of drug-likeness (QED) is 0.890. The molecule has 1 aliphatic heterocycles. The predicted octanol–water partition coefficient (Wildman–Crippen LogP) is 2.42. The molecule has 1 saturated heterocycles. The first-order valence-corrected chi connectivity index (χ1v) is 9.13. The van der Waals surface area contributed by atoms with E-state index in [9.17, 15) is 9.18 Å². The Bertz CT molecular complexity index is 540. The number of nitrogens with one attached hydrogen (secondary N) is 1. The number of carbonyl (C=O) groups is 1. The van der Waals surface area contributed by atoms with Crippen molar-refractivity contribution in [3.05, 3.63) is 35.6 Å². The van der Waals surface area contributed by atoms with E-state index in [1.54, 1.807) is 0 Å². The fourth-order valence-corrected chi connectivity index (χ4v) is 3.87. The highest BCUT2D eigenvalue weighted by atomic mass is 19.1. The second kappa shape index (κ2) is 8.08. The summed E-state index contributed by atoms with van der Waals surface area (Å²) in [5, 5.41) is 3.23. The molecular weight excluding hydrogens is 305 g/mol. The summed E-state index contributed by atoms with van der Waals surface area (Å²) in [5.41, 5.74) is 7.12. The van der Waals surface area contributed by atoms with E-state index in [0.717, 1.165) is 63.7 Å². The molecule has 3 rings (SSSR count). The van der Waals surface area contributed by atoms with E-state index in [1.165, 1.54) is 12.1 Å². The van der Waals surface area contributed by atoms with E-state index >= 15 is 0 Å². The minimum Gasteiger partial charge on any atom is -0.353 e. The highest BCUT2D eigenvalue weighted by Gasteiger charge is 2.28. The average Bonchev–Trinajstić information content (AvgIpc) is 2.59. The lowest BCUT2D eigenvalue weighted by molar-refractivity contribution is -0.127. The van der Waals surface area contributed by atoms with Gasteiger partial charge in [0.15, 0.2) is 0 Å². The zero-order valence-corrected chi connectivity index (χ0v) is 14.2. The van der Waals surface area contributed by atoms with Gasteiger partial charge in [-0.1, -0.05) is 18.6 Å². The maximum absolute atomic E-state index is 13.0. The van der Waals surface area contributed by atoms with Crippen molar-refractivity contribution in [2.24, 2.45) is 11.7 Å². The maximum atomic E-state index is 13.0. The summed E-state index contributed by atoms with van der Waals surface area (Å²) in [4.78, 5) is 14.8. The number of amides is 1. The van der Waals surface area contributed by atoms with Crippen molar-refractivity contribution < 1.29 is 9.18 Å². The summed E-state index contributed by atoms with van der Waals surface area (Å²) in [5.74, 6) is 0.107. The van der Waals surface area contributed by atoms with Crippen LogP contribution in [0.2, 0.25) is 0 Å². The van der Waals surface area contributed by atoms with Crippen LogP contribution in [0.15, 0.2) is 24.3 Å². The van der Waals surface area contributed by atoms with Crippen LogP contribution in [0, 0.1) is 11.7 Å². The molecule has 0 aromatic heterocycles. The van der Waals surface area contributed by atoms with E-state index in [4.69, 9.17) is 5.73 Å². The van der Waals surface area contributed by atoms with Gasteiger partial charge in [-0.25, -0.2) is 4.39 Å². The molecule has 3 N–H and O–H groups in total. The molecule has 4 nitrogen and oxygen atoms in total.